The number of hydrogen-bond donors (Lipinski definition) is 0. The van der Waals surface area contributed by atoms with Gasteiger partial charge in [-0.2, -0.15) is 0 Å². The standard InChI is InChI=1S/C10H20S2/c1-2-3-4-5-6-7-10-8-9-11-12-10/h10H,2-9H2,1H3/t10-/m1/s1. The third kappa shape index (κ3) is 4.66. The Kier molecular flexibility index (Phi) is 6.41. The van der Waals surface area contributed by atoms with Gasteiger partial charge in [0.2, 0.25) is 0 Å². The van der Waals surface area contributed by atoms with Gasteiger partial charge in [0, 0.05) is 11.0 Å². The largest absolute Gasteiger partial charge is 0.0938 e. The molecule has 1 fully saturated rings. The molecule has 2 heteroatoms. The molecule has 0 nitrogen and oxygen atoms in total. The Bertz CT molecular complexity index is 98.0. The highest BCUT2D eigenvalue weighted by Crippen LogP contribution is 2.39. The Morgan fingerprint density at radius 2 is 2.00 bits per heavy atom. The van der Waals surface area contributed by atoms with Gasteiger partial charge in [-0.1, -0.05) is 60.6 Å². The van der Waals surface area contributed by atoms with E-state index in [1.165, 1.54) is 50.7 Å². The third-order valence-electron chi connectivity index (χ3n) is 2.36. The first-order chi connectivity index (χ1) is 5.93. The number of unbranched alkanes of at least 4 members (excludes halogenated alkanes) is 4. The Balaban J connectivity index is 1.81. The molecule has 0 unspecified atom stereocenters. The molecule has 0 bridgehead atoms. The second kappa shape index (κ2) is 7.14. The second-order valence-corrected chi connectivity index (χ2v) is 6.32. The van der Waals surface area contributed by atoms with E-state index in [9.17, 15) is 0 Å². The summed E-state index contributed by atoms with van der Waals surface area (Å²) < 4.78 is 0. The van der Waals surface area contributed by atoms with Crippen molar-refractivity contribution in [1.82, 2.24) is 0 Å². The Hall–Kier alpha value is 0.700. The summed E-state index contributed by atoms with van der Waals surface area (Å²) in [7, 11) is 4.19. The first kappa shape index (κ1) is 10.8. The van der Waals surface area contributed by atoms with E-state index in [-0.39, 0.29) is 0 Å². The van der Waals surface area contributed by atoms with Crippen LogP contribution in [0.15, 0.2) is 0 Å². The molecule has 0 N–H and O–H groups in total. The molecule has 1 heterocycles. The molecule has 12 heavy (non-hydrogen) atoms. The normalized spacial score (nSPS) is 23.2. The topological polar surface area (TPSA) is 0 Å². The second-order valence-electron chi connectivity index (χ2n) is 3.53. The van der Waals surface area contributed by atoms with Gasteiger partial charge in [-0.25, -0.2) is 0 Å². The molecule has 0 amide bonds. The highest BCUT2D eigenvalue weighted by Gasteiger charge is 2.15. The van der Waals surface area contributed by atoms with Crippen LogP contribution in [0.2, 0.25) is 0 Å². The molecular formula is C10H20S2. The monoisotopic (exact) mass is 204 g/mol. The molecule has 0 aliphatic carbocycles. The van der Waals surface area contributed by atoms with Crippen LogP contribution in [0.4, 0.5) is 0 Å². The van der Waals surface area contributed by atoms with Gasteiger partial charge >= 0.3 is 0 Å². The van der Waals surface area contributed by atoms with Crippen molar-refractivity contribution in [3.8, 4) is 0 Å². The first-order valence-electron chi connectivity index (χ1n) is 5.21. The van der Waals surface area contributed by atoms with Gasteiger partial charge in [0.15, 0.2) is 0 Å². The maximum atomic E-state index is 2.28. The van der Waals surface area contributed by atoms with Gasteiger partial charge in [0.1, 0.15) is 0 Å². The van der Waals surface area contributed by atoms with Gasteiger partial charge in [-0.05, 0) is 12.8 Å². The van der Waals surface area contributed by atoms with Crippen molar-refractivity contribution in [3.05, 3.63) is 0 Å². The summed E-state index contributed by atoms with van der Waals surface area (Å²) in [6.45, 7) is 2.28. The molecule has 0 aromatic heterocycles. The van der Waals surface area contributed by atoms with Crippen LogP contribution in [0.5, 0.6) is 0 Å². The van der Waals surface area contributed by atoms with E-state index in [0.717, 1.165) is 5.25 Å². The van der Waals surface area contributed by atoms with Gasteiger partial charge in [-0.3, -0.25) is 0 Å². The van der Waals surface area contributed by atoms with Crippen LogP contribution < -0.4 is 0 Å². The molecule has 0 aromatic carbocycles. The van der Waals surface area contributed by atoms with E-state index in [0.29, 0.717) is 0 Å². The molecule has 1 saturated heterocycles. The smallest absolute Gasteiger partial charge is 0.0159 e. The summed E-state index contributed by atoms with van der Waals surface area (Å²) in [6.07, 6.45) is 10.1. The van der Waals surface area contributed by atoms with E-state index in [1.807, 2.05) is 0 Å². The average molecular weight is 204 g/mol. The Morgan fingerprint density at radius 3 is 2.67 bits per heavy atom. The molecule has 1 aliphatic rings. The molecule has 0 radical (unpaired) electrons. The van der Waals surface area contributed by atoms with Crippen LogP contribution >= 0.6 is 21.6 Å². The maximum Gasteiger partial charge on any atom is 0.0159 e. The van der Waals surface area contributed by atoms with Crippen molar-refractivity contribution in [1.29, 1.82) is 0 Å². The highest BCUT2D eigenvalue weighted by atomic mass is 33.1. The van der Waals surface area contributed by atoms with Crippen molar-refractivity contribution in [3.63, 3.8) is 0 Å². The van der Waals surface area contributed by atoms with Crippen LogP contribution in [-0.2, 0) is 0 Å². The van der Waals surface area contributed by atoms with Crippen molar-refractivity contribution in [2.24, 2.45) is 0 Å². The fourth-order valence-electron chi connectivity index (χ4n) is 1.54. The van der Waals surface area contributed by atoms with E-state index in [1.54, 1.807) is 0 Å². The summed E-state index contributed by atoms with van der Waals surface area (Å²) in [5.41, 5.74) is 0. The van der Waals surface area contributed by atoms with Crippen LogP contribution in [-0.4, -0.2) is 11.0 Å². The van der Waals surface area contributed by atoms with Gasteiger partial charge in [0.25, 0.3) is 0 Å². The Labute approximate surface area is 84.7 Å². The zero-order chi connectivity index (χ0) is 8.65. The van der Waals surface area contributed by atoms with E-state index < -0.39 is 0 Å². The molecule has 0 saturated carbocycles. The average Bonchev–Trinajstić information content (AvgIpc) is 2.57. The minimum atomic E-state index is 0.997. The molecule has 1 rings (SSSR count). The van der Waals surface area contributed by atoms with Crippen molar-refractivity contribution >= 4 is 21.6 Å². The summed E-state index contributed by atoms with van der Waals surface area (Å²) in [5, 5.41) is 0.997. The lowest BCUT2D eigenvalue weighted by Gasteiger charge is -2.05. The molecule has 0 aromatic rings. The zero-order valence-electron chi connectivity index (χ0n) is 8.05. The predicted octanol–water partition coefficient (Wildman–Crippen LogP) is 4.50. The Morgan fingerprint density at radius 1 is 1.17 bits per heavy atom. The summed E-state index contributed by atoms with van der Waals surface area (Å²) >= 11 is 0. The lowest BCUT2D eigenvalue weighted by molar-refractivity contribution is 0.595. The first-order valence-corrected chi connectivity index (χ1v) is 7.60. The molecule has 1 aliphatic heterocycles. The van der Waals surface area contributed by atoms with Crippen molar-refractivity contribution < 1.29 is 0 Å². The van der Waals surface area contributed by atoms with Crippen molar-refractivity contribution in [2.45, 2.75) is 57.1 Å². The van der Waals surface area contributed by atoms with E-state index in [4.69, 9.17) is 0 Å². The summed E-state index contributed by atoms with van der Waals surface area (Å²) in [6, 6.07) is 0. The van der Waals surface area contributed by atoms with Gasteiger partial charge < -0.3 is 0 Å². The van der Waals surface area contributed by atoms with E-state index in [2.05, 4.69) is 28.5 Å². The maximum absolute atomic E-state index is 2.28. The SMILES string of the molecule is CCCCCCC[C@@H]1CCSS1. The van der Waals surface area contributed by atoms with Crippen molar-refractivity contribution in [2.75, 3.05) is 5.75 Å². The zero-order valence-corrected chi connectivity index (χ0v) is 9.68. The van der Waals surface area contributed by atoms with Crippen LogP contribution in [0.25, 0.3) is 0 Å². The van der Waals surface area contributed by atoms with E-state index >= 15 is 0 Å². The lowest BCUT2D eigenvalue weighted by atomic mass is 10.1. The molecule has 72 valence electrons. The predicted molar refractivity (Wildman–Crippen MR) is 61.8 cm³/mol. The highest BCUT2D eigenvalue weighted by molar-refractivity contribution is 8.77. The van der Waals surface area contributed by atoms with Gasteiger partial charge in [-0.15, -0.1) is 0 Å². The minimum Gasteiger partial charge on any atom is -0.0938 e. The number of rotatable bonds is 6. The van der Waals surface area contributed by atoms with Gasteiger partial charge in [0.05, 0.1) is 0 Å². The fraction of sp³-hybridized carbons (Fsp3) is 1.00. The minimum absolute atomic E-state index is 0.997. The summed E-state index contributed by atoms with van der Waals surface area (Å²) in [4.78, 5) is 0. The summed E-state index contributed by atoms with van der Waals surface area (Å²) in [5.74, 6) is 1.39. The quantitative estimate of drug-likeness (QED) is 0.461. The van der Waals surface area contributed by atoms with Crippen LogP contribution in [0.3, 0.4) is 0 Å². The molecule has 1 atom stereocenters. The van der Waals surface area contributed by atoms with Crippen LogP contribution in [0.1, 0.15) is 51.9 Å². The lowest BCUT2D eigenvalue weighted by Crippen LogP contribution is -1.96. The third-order valence-corrected chi connectivity index (χ3v) is 5.36. The number of hydrogen-bond acceptors (Lipinski definition) is 2. The molecular weight excluding hydrogens is 184 g/mol. The molecule has 0 spiro atoms. The fourth-order valence-corrected chi connectivity index (χ4v) is 4.57. The van der Waals surface area contributed by atoms with Crippen LogP contribution in [0, 0.1) is 0 Å².